The topological polar surface area (TPSA) is 33.4 Å². The Kier molecular flexibility index (Phi) is 4.88. The summed E-state index contributed by atoms with van der Waals surface area (Å²) < 4.78 is 57.6. The quantitative estimate of drug-likeness (QED) is 0.485. The first-order chi connectivity index (χ1) is 14.8. The lowest BCUT2D eigenvalue weighted by molar-refractivity contribution is -0.196. The Morgan fingerprint density at radius 2 is 1.71 bits per heavy atom. The van der Waals surface area contributed by atoms with Crippen LogP contribution in [0.4, 0.5) is 23.2 Å². The van der Waals surface area contributed by atoms with Crippen LogP contribution in [0.2, 0.25) is 5.02 Å². The highest BCUT2D eigenvalue weighted by atomic mass is 35.5. The SMILES string of the molecule is Fc1ccc(C2(C(F)(F)F)CCN(c3ccn4c(CC5CC5)nnc4c3Cl)CC2)cc1. The van der Waals surface area contributed by atoms with E-state index < -0.39 is 17.4 Å². The number of hydrogen-bond donors (Lipinski definition) is 0. The van der Waals surface area contributed by atoms with Crippen molar-refractivity contribution in [2.75, 3.05) is 18.0 Å². The summed E-state index contributed by atoms with van der Waals surface area (Å²) in [5, 5.41) is 8.87. The van der Waals surface area contributed by atoms with Gasteiger partial charge in [-0.15, -0.1) is 10.2 Å². The summed E-state index contributed by atoms with van der Waals surface area (Å²) in [5.41, 5.74) is -0.708. The predicted octanol–water partition coefficient (Wildman–Crippen LogP) is 5.57. The van der Waals surface area contributed by atoms with Crippen LogP contribution in [0.25, 0.3) is 5.65 Å². The van der Waals surface area contributed by atoms with Gasteiger partial charge in [-0.2, -0.15) is 13.2 Å². The van der Waals surface area contributed by atoms with E-state index in [9.17, 15) is 17.6 Å². The molecule has 1 aliphatic heterocycles. The summed E-state index contributed by atoms with van der Waals surface area (Å²) in [7, 11) is 0. The molecule has 2 aliphatic rings. The van der Waals surface area contributed by atoms with E-state index in [-0.39, 0.29) is 31.5 Å². The highest BCUT2D eigenvalue weighted by molar-refractivity contribution is 6.36. The highest BCUT2D eigenvalue weighted by Crippen LogP contribution is 2.49. The fourth-order valence-corrected chi connectivity index (χ4v) is 4.87. The minimum atomic E-state index is -4.44. The standard InChI is InChI=1S/C22H21ClF4N4/c23-19-17(7-10-31-18(13-14-1-2-14)28-29-20(19)31)30-11-8-21(9-12-30,22(25,26)27)15-3-5-16(24)6-4-15/h3-7,10,14H,1-2,8-9,11-13H2. The third kappa shape index (κ3) is 3.54. The molecule has 164 valence electrons. The number of piperidine rings is 1. The van der Waals surface area contributed by atoms with Gasteiger partial charge in [0.2, 0.25) is 0 Å². The molecule has 9 heteroatoms. The number of aromatic nitrogens is 3. The first-order valence-corrected chi connectivity index (χ1v) is 10.8. The molecule has 1 saturated carbocycles. The number of rotatable bonds is 4. The molecule has 1 aliphatic carbocycles. The van der Waals surface area contributed by atoms with Crippen molar-refractivity contribution in [1.29, 1.82) is 0 Å². The van der Waals surface area contributed by atoms with E-state index in [4.69, 9.17) is 11.6 Å². The normalized spacial score (nSPS) is 19.2. The van der Waals surface area contributed by atoms with Crippen LogP contribution in [0.3, 0.4) is 0 Å². The molecule has 0 unspecified atom stereocenters. The molecule has 2 fully saturated rings. The van der Waals surface area contributed by atoms with Gasteiger partial charge >= 0.3 is 6.18 Å². The third-order valence-corrected chi connectivity index (χ3v) is 7.00. The van der Waals surface area contributed by atoms with Gasteiger partial charge in [0.25, 0.3) is 0 Å². The highest BCUT2D eigenvalue weighted by Gasteiger charge is 2.56. The number of anilines is 1. The largest absolute Gasteiger partial charge is 0.398 e. The van der Waals surface area contributed by atoms with Gasteiger partial charge in [0.15, 0.2) is 5.65 Å². The minimum absolute atomic E-state index is 0.102. The summed E-state index contributed by atoms with van der Waals surface area (Å²) in [6, 6.07) is 6.49. The Hall–Kier alpha value is -2.35. The smallest absolute Gasteiger partial charge is 0.370 e. The first-order valence-electron chi connectivity index (χ1n) is 10.4. The van der Waals surface area contributed by atoms with Crippen molar-refractivity contribution in [3.63, 3.8) is 0 Å². The van der Waals surface area contributed by atoms with Gasteiger partial charge in [0.05, 0.1) is 11.1 Å². The molecule has 2 aromatic heterocycles. The molecule has 3 aromatic rings. The lowest BCUT2D eigenvalue weighted by Gasteiger charge is -2.44. The van der Waals surface area contributed by atoms with Gasteiger partial charge < -0.3 is 4.90 Å². The lowest BCUT2D eigenvalue weighted by Crippen LogP contribution is -2.51. The summed E-state index contributed by atoms with van der Waals surface area (Å²) in [6.07, 6.45) is 0.390. The zero-order valence-corrected chi connectivity index (χ0v) is 17.4. The second-order valence-electron chi connectivity index (χ2n) is 8.55. The van der Waals surface area contributed by atoms with Gasteiger partial charge in [-0.3, -0.25) is 4.40 Å². The molecule has 0 radical (unpaired) electrons. The molecule has 1 saturated heterocycles. The second-order valence-corrected chi connectivity index (χ2v) is 8.92. The van der Waals surface area contributed by atoms with Crippen LogP contribution in [0.5, 0.6) is 0 Å². The first kappa shape index (κ1) is 20.5. The van der Waals surface area contributed by atoms with E-state index in [1.165, 1.54) is 25.0 Å². The summed E-state index contributed by atoms with van der Waals surface area (Å²) in [4.78, 5) is 1.87. The van der Waals surface area contributed by atoms with E-state index in [1.807, 2.05) is 21.6 Å². The third-order valence-electron chi connectivity index (χ3n) is 6.63. The fourth-order valence-electron chi connectivity index (χ4n) is 4.56. The van der Waals surface area contributed by atoms with Gasteiger partial charge in [-0.25, -0.2) is 4.39 Å². The van der Waals surface area contributed by atoms with Gasteiger partial charge in [-0.05, 0) is 55.4 Å². The van der Waals surface area contributed by atoms with Crippen molar-refractivity contribution in [2.45, 2.75) is 43.7 Å². The van der Waals surface area contributed by atoms with Crippen molar-refractivity contribution in [3.05, 3.63) is 58.8 Å². The maximum Gasteiger partial charge on any atom is 0.398 e. The number of nitrogens with zero attached hydrogens (tertiary/aromatic N) is 4. The number of hydrogen-bond acceptors (Lipinski definition) is 3. The van der Waals surface area contributed by atoms with Crippen LogP contribution in [-0.4, -0.2) is 33.9 Å². The molecule has 0 amide bonds. The van der Waals surface area contributed by atoms with Crippen LogP contribution in [0, 0.1) is 11.7 Å². The molecule has 3 heterocycles. The van der Waals surface area contributed by atoms with Crippen LogP contribution in [0.1, 0.15) is 37.1 Å². The Labute approximate surface area is 181 Å². The molecule has 0 N–H and O–H groups in total. The molecule has 0 bridgehead atoms. The molecule has 0 atom stereocenters. The molecule has 0 spiro atoms. The Morgan fingerprint density at radius 3 is 2.32 bits per heavy atom. The molecule has 1 aromatic carbocycles. The number of alkyl halides is 3. The van der Waals surface area contributed by atoms with Crippen LogP contribution >= 0.6 is 11.6 Å². The molecule has 5 rings (SSSR count). The van der Waals surface area contributed by atoms with E-state index in [0.717, 1.165) is 24.4 Å². The predicted molar refractivity (Wildman–Crippen MR) is 110 cm³/mol. The summed E-state index contributed by atoms with van der Waals surface area (Å²) in [5.74, 6) is 0.958. The van der Waals surface area contributed by atoms with E-state index in [2.05, 4.69) is 10.2 Å². The van der Waals surface area contributed by atoms with Crippen LogP contribution < -0.4 is 4.90 Å². The molecular formula is C22H21ClF4N4. The van der Waals surface area contributed by atoms with E-state index >= 15 is 0 Å². The van der Waals surface area contributed by atoms with E-state index in [0.29, 0.717) is 22.3 Å². The monoisotopic (exact) mass is 452 g/mol. The fraction of sp³-hybridized carbons (Fsp3) is 0.455. The lowest BCUT2D eigenvalue weighted by atomic mass is 9.72. The molecular weight excluding hydrogens is 432 g/mol. The van der Waals surface area contributed by atoms with Gasteiger partial charge in [0.1, 0.15) is 16.7 Å². The average molecular weight is 453 g/mol. The van der Waals surface area contributed by atoms with Crippen molar-refractivity contribution in [2.24, 2.45) is 5.92 Å². The average Bonchev–Trinajstić information content (AvgIpc) is 3.46. The maximum atomic E-state index is 14.2. The van der Waals surface area contributed by atoms with Crippen molar-refractivity contribution in [1.82, 2.24) is 14.6 Å². The Morgan fingerprint density at radius 1 is 1.03 bits per heavy atom. The Balaban J connectivity index is 1.42. The number of fused-ring (bicyclic) bond motifs is 1. The van der Waals surface area contributed by atoms with E-state index in [1.54, 1.807) is 0 Å². The van der Waals surface area contributed by atoms with Crippen molar-refractivity contribution < 1.29 is 17.6 Å². The zero-order valence-electron chi connectivity index (χ0n) is 16.7. The molecule has 4 nitrogen and oxygen atoms in total. The maximum absolute atomic E-state index is 14.2. The van der Waals surface area contributed by atoms with Crippen molar-refractivity contribution >= 4 is 22.9 Å². The van der Waals surface area contributed by atoms with Crippen LogP contribution in [-0.2, 0) is 11.8 Å². The summed E-state index contributed by atoms with van der Waals surface area (Å²) in [6.45, 7) is 0.353. The number of halogens is 5. The van der Waals surface area contributed by atoms with Gasteiger partial charge in [-0.1, -0.05) is 23.7 Å². The van der Waals surface area contributed by atoms with Gasteiger partial charge in [0, 0.05) is 25.7 Å². The van der Waals surface area contributed by atoms with Crippen LogP contribution in [0.15, 0.2) is 36.5 Å². The molecule has 31 heavy (non-hydrogen) atoms. The number of pyridine rings is 1. The summed E-state index contributed by atoms with van der Waals surface area (Å²) >= 11 is 6.61. The minimum Gasteiger partial charge on any atom is -0.370 e. The van der Waals surface area contributed by atoms with Crippen molar-refractivity contribution in [3.8, 4) is 0 Å². The zero-order chi connectivity index (χ0) is 21.8. The Bertz CT molecular complexity index is 1100. The second kappa shape index (κ2) is 7.36. The number of benzene rings is 1.